The summed E-state index contributed by atoms with van der Waals surface area (Å²) >= 11 is 3.30. The number of nitrogens with one attached hydrogen (secondary N) is 1. The van der Waals surface area contributed by atoms with Crippen LogP contribution in [0.15, 0.2) is 57.9 Å². The normalized spacial score (nSPS) is 17.4. The van der Waals surface area contributed by atoms with Crippen LogP contribution in [0.2, 0.25) is 0 Å². The van der Waals surface area contributed by atoms with Gasteiger partial charge in [0.2, 0.25) is 10.0 Å². The summed E-state index contributed by atoms with van der Waals surface area (Å²) in [6.45, 7) is 2.34. The van der Waals surface area contributed by atoms with Crippen LogP contribution in [0.5, 0.6) is 5.75 Å². The van der Waals surface area contributed by atoms with E-state index < -0.39 is 21.9 Å². The number of hydrogen-bond donors (Lipinski definition) is 2. The molecule has 28 heavy (non-hydrogen) atoms. The first-order valence-electron chi connectivity index (χ1n) is 9.01. The number of sulfonamides is 1. The molecule has 1 saturated heterocycles. The Morgan fingerprint density at radius 2 is 1.89 bits per heavy atom. The fourth-order valence-electron chi connectivity index (χ4n) is 3.16. The quantitative estimate of drug-likeness (QED) is 0.627. The molecule has 0 amide bonds. The number of ether oxygens (including phenoxy) is 1. The largest absolute Gasteiger partial charge is 0.488 e. The van der Waals surface area contributed by atoms with E-state index >= 15 is 0 Å². The number of para-hydroxylation sites is 1. The number of aliphatic hydroxyl groups excluding tert-OH is 1. The smallest absolute Gasteiger partial charge is 0.243 e. The first-order valence-corrected chi connectivity index (χ1v) is 11.2. The molecule has 2 N–H and O–H groups in total. The third kappa shape index (κ3) is 5.30. The number of aliphatic hydroxyl groups is 1. The molecule has 6 nitrogen and oxygen atoms in total. The van der Waals surface area contributed by atoms with Gasteiger partial charge in [0.15, 0.2) is 11.6 Å². The average Bonchev–Trinajstić information content (AvgIpc) is 2.68. The summed E-state index contributed by atoms with van der Waals surface area (Å²) in [4.78, 5) is 1.36. The lowest BCUT2D eigenvalue weighted by Gasteiger charge is -2.32. The molecule has 1 fully saturated rings. The molecule has 0 aliphatic carbocycles. The van der Waals surface area contributed by atoms with Crippen LogP contribution in [0.25, 0.3) is 0 Å². The molecule has 3 rings (SSSR count). The van der Waals surface area contributed by atoms with E-state index in [-0.39, 0.29) is 17.3 Å². The fraction of sp³-hybridized carbons (Fsp3) is 0.368. The van der Waals surface area contributed by atoms with Gasteiger partial charge in [-0.15, -0.1) is 0 Å². The van der Waals surface area contributed by atoms with Crippen molar-refractivity contribution >= 4 is 26.0 Å². The highest BCUT2D eigenvalue weighted by Crippen LogP contribution is 2.20. The number of hydrogen-bond acceptors (Lipinski definition) is 4. The lowest BCUT2D eigenvalue weighted by molar-refractivity contribution is -0.906. The minimum Gasteiger partial charge on any atom is -0.488 e. The molecule has 0 saturated carbocycles. The molecule has 1 atom stereocenters. The van der Waals surface area contributed by atoms with Gasteiger partial charge in [-0.3, -0.25) is 0 Å². The molecule has 2 aromatic carbocycles. The maximum Gasteiger partial charge on any atom is 0.243 e. The molecule has 0 radical (unpaired) electrons. The minimum atomic E-state index is -3.53. The van der Waals surface area contributed by atoms with Gasteiger partial charge in [0.25, 0.3) is 0 Å². The monoisotopic (exact) mass is 473 g/mol. The molecule has 152 valence electrons. The fourth-order valence-corrected chi connectivity index (χ4v) is 5.20. The second-order valence-corrected chi connectivity index (χ2v) is 9.56. The van der Waals surface area contributed by atoms with Crippen LogP contribution in [0.3, 0.4) is 0 Å². The molecule has 0 aromatic heterocycles. The Kier molecular flexibility index (Phi) is 7.05. The molecular weight excluding hydrogens is 451 g/mol. The number of halogens is 2. The van der Waals surface area contributed by atoms with E-state index in [1.807, 2.05) is 0 Å². The molecule has 1 heterocycles. The van der Waals surface area contributed by atoms with Crippen molar-refractivity contribution in [1.82, 2.24) is 4.31 Å². The van der Waals surface area contributed by atoms with Gasteiger partial charge in [-0.05, 0) is 30.3 Å². The van der Waals surface area contributed by atoms with Crippen molar-refractivity contribution < 1.29 is 27.6 Å². The highest BCUT2D eigenvalue weighted by atomic mass is 79.9. The van der Waals surface area contributed by atoms with Crippen LogP contribution in [0, 0.1) is 5.82 Å². The van der Waals surface area contributed by atoms with Crippen LogP contribution >= 0.6 is 15.9 Å². The Morgan fingerprint density at radius 3 is 2.57 bits per heavy atom. The molecular formula is C19H23BrFN2O4S+. The van der Waals surface area contributed by atoms with Crippen LogP contribution < -0.4 is 9.64 Å². The maximum absolute atomic E-state index is 13.5. The van der Waals surface area contributed by atoms with Crippen molar-refractivity contribution in [2.24, 2.45) is 0 Å². The van der Waals surface area contributed by atoms with Crippen molar-refractivity contribution in [3.05, 3.63) is 58.8 Å². The Balaban J connectivity index is 1.49. The predicted octanol–water partition coefficient (Wildman–Crippen LogP) is 0.917. The number of benzene rings is 2. The van der Waals surface area contributed by atoms with Crippen molar-refractivity contribution in [1.29, 1.82) is 0 Å². The van der Waals surface area contributed by atoms with Gasteiger partial charge in [0.1, 0.15) is 19.3 Å². The van der Waals surface area contributed by atoms with Crippen molar-refractivity contribution in [3.63, 3.8) is 0 Å². The number of quaternary nitrogens is 1. The van der Waals surface area contributed by atoms with Gasteiger partial charge >= 0.3 is 0 Å². The van der Waals surface area contributed by atoms with Crippen molar-refractivity contribution in [3.8, 4) is 5.75 Å². The summed E-state index contributed by atoms with van der Waals surface area (Å²) in [5.41, 5.74) is 0. The Hall–Kier alpha value is -1.52. The lowest BCUT2D eigenvalue weighted by atomic mass is 10.3. The predicted molar refractivity (Wildman–Crippen MR) is 106 cm³/mol. The van der Waals surface area contributed by atoms with E-state index in [2.05, 4.69) is 15.9 Å². The van der Waals surface area contributed by atoms with Crippen LogP contribution in [-0.4, -0.2) is 63.3 Å². The third-order valence-corrected chi connectivity index (χ3v) is 7.04. The van der Waals surface area contributed by atoms with Crippen molar-refractivity contribution in [2.75, 3.05) is 39.3 Å². The Labute approximate surface area is 172 Å². The summed E-state index contributed by atoms with van der Waals surface area (Å²) in [5.74, 6) is -0.352. The van der Waals surface area contributed by atoms with E-state index in [1.54, 1.807) is 36.4 Å². The van der Waals surface area contributed by atoms with Gasteiger partial charge in [0, 0.05) is 4.47 Å². The molecule has 0 unspecified atom stereocenters. The summed E-state index contributed by atoms with van der Waals surface area (Å²) in [6.07, 6.45) is -0.761. The van der Waals surface area contributed by atoms with Crippen LogP contribution in [0.4, 0.5) is 4.39 Å². The molecule has 0 bridgehead atoms. The van der Waals surface area contributed by atoms with E-state index in [1.165, 1.54) is 16.4 Å². The molecule has 0 spiro atoms. The minimum absolute atomic E-state index is 0.00944. The molecule has 9 heteroatoms. The highest BCUT2D eigenvalue weighted by Gasteiger charge is 2.31. The Bertz CT molecular complexity index is 904. The standard InChI is InChI=1S/C19H22BrFN2O4S/c20-15-4-3-5-17(12-15)28(25,26)23-10-8-22(9-11-23)13-16(24)14-27-19-7-2-1-6-18(19)21/h1-7,12,16,24H,8-11,13-14H2/p+1/t16-/m0/s1. The second kappa shape index (κ2) is 9.32. The SMILES string of the molecule is O=S(=O)(c1cccc(Br)c1)N1CC[NH+](C[C@H](O)COc2ccccc2F)CC1. The zero-order valence-corrected chi connectivity index (χ0v) is 17.6. The third-order valence-electron chi connectivity index (χ3n) is 4.66. The van der Waals surface area contributed by atoms with Gasteiger partial charge in [-0.1, -0.05) is 34.1 Å². The number of piperazine rings is 1. The summed E-state index contributed by atoms with van der Waals surface area (Å²) in [7, 11) is -3.53. The van der Waals surface area contributed by atoms with E-state index in [4.69, 9.17) is 4.74 Å². The Morgan fingerprint density at radius 1 is 1.18 bits per heavy atom. The van der Waals surface area contributed by atoms with Crippen molar-refractivity contribution in [2.45, 2.75) is 11.0 Å². The second-order valence-electron chi connectivity index (χ2n) is 6.71. The lowest BCUT2D eigenvalue weighted by Crippen LogP contribution is -3.15. The summed E-state index contributed by atoms with van der Waals surface area (Å²) in [6, 6.07) is 12.7. The van der Waals surface area contributed by atoms with E-state index in [0.717, 1.165) is 9.37 Å². The average molecular weight is 474 g/mol. The van der Waals surface area contributed by atoms with E-state index in [9.17, 15) is 17.9 Å². The zero-order chi connectivity index (χ0) is 20.1. The molecule has 1 aliphatic heterocycles. The number of nitrogens with zero attached hydrogens (tertiary/aromatic N) is 1. The van der Waals surface area contributed by atoms with E-state index in [0.29, 0.717) is 32.7 Å². The number of rotatable bonds is 7. The first kappa shape index (κ1) is 21.2. The first-order chi connectivity index (χ1) is 13.4. The summed E-state index contributed by atoms with van der Waals surface area (Å²) < 4.78 is 46.6. The van der Waals surface area contributed by atoms with Gasteiger partial charge < -0.3 is 14.7 Å². The summed E-state index contributed by atoms with van der Waals surface area (Å²) in [5, 5.41) is 10.2. The van der Waals surface area contributed by atoms with Gasteiger partial charge in [-0.25, -0.2) is 12.8 Å². The molecule has 1 aliphatic rings. The van der Waals surface area contributed by atoms with Gasteiger partial charge in [-0.2, -0.15) is 4.31 Å². The topological polar surface area (TPSA) is 71.3 Å². The van der Waals surface area contributed by atoms with Crippen LogP contribution in [-0.2, 0) is 10.0 Å². The van der Waals surface area contributed by atoms with Gasteiger partial charge in [0.05, 0.1) is 31.1 Å². The zero-order valence-electron chi connectivity index (χ0n) is 15.2. The molecule has 2 aromatic rings. The van der Waals surface area contributed by atoms with Crippen LogP contribution in [0.1, 0.15) is 0 Å². The maximum atomic E-state index is 13.5. The highest BCUT2D eigenvalue weighted by molar-refractivity contribution is 9.10.